The zero-order valence-corrected chi connectivity index (χ0v) is 28.6. The first-order valence-corrected chi connectivity index (χ1v) is 18.7. The number of thiophene rings is 2. The van der Waals surface area contributed by atoms with Crippen molar-refractivity contribution in [1.82, 2.24) is 0 Å². The Bertz CT molecular complexity index is 3080. The van der Waals surface area contributed by atoms with E-state index in [1.165, 1.54) is 106 Å². The lowest BCUT2D eigenvalue weighted by Crippen LogP contribution is -1.91. The molecule has 11 aromatic rings. The standard InChI is InChI=1S/C48H28S2/c1-2-10-29(11-3-1)30-18-19-32-27-33(21-20-31(32)26-30)45-36-12-4-6-14-38(36)46(39-15-7-5-13-37(39)45)34-22-23-35-40-24-25-43-47(48(40)50-44(35)28-34)41-16-8-9-17-42(41)49-43/h1-28H. The molecule has 2 aromatic heterocycles. The number of hydrogen-bond acceptors (Lipinski definition) is 2. The smallest absolute Gasteiger partial charge is 0.0448 e. The Balaban J connectivity index is 1.12. The van der Waals surface area contributed by atoms with Crippen molar-refractivity contribution in [1.29, 1.82) is 0 Å². The van der Waals surface area contributed by atoms with Crippen molar-refractivity contribution >= 4 is 95.3 Å². The Labute approximate surface area is 297 Å². The molecule has 0 saturated heterocycles. The molecule has 0 aliphatic rings. The summed E-state index contributed by atoms with van der Waals surface area (Å²) in [5.41, 5.74) is 7.60. The zero-order chi connectivity index (χ0) is 32.8. The first-order valence-electron chi connectivity index (χ1n) is 17.1. The first kappa shape index (κ1) is 28.1. The minimum atomic E-state index is 1.24. The van der Waals surface area contributed by atoms with Gasteiger partial charge < -0.3 is 0 Å². The Morgan fingerprint density at radius 1 is 0.280 bits per heavy atom. The molecule has 0 aliphatic heterocycles. The maximum absolute atomic E-state index is 2.44. The number of hydrogen-bond donors (Lipinski definition) is 0. The van der Waals surface area contributed by atoms with Crippen LogP contribution in [0.25, 0.3) is 106 Å². The van der Waals surface area contributed by atoms with Gasteiger partial charge in [0, 0.05) is 40.3 Å². The summed E-state index contributed by atoms with van der Waals surface area (Å²) in [6, 6.07) is 63.0. The molecular weight excluding hydrogens is 641 g/mol. The van der Waals surface area contributed by atoms with Crippen LogP contribution in [-0.2, 0) is 0 Å². The lowest BCUT2D eigenvalue weighted by molar-refractivity contribution is 1.64. The summed E-state index contributed by atoms with van der Waals surface area (Å²) in [7, 11) is 0. The average molecular weight is 669 g/mol. The van der Waals surface area contributed by atoms with Crippen molar-refractivity contribution in [3.63, 3.8) is 0 Å². The van der Waals surface area contributed by atoms with Crippen LogP contribution >= 0.6 is 22.7 Å². The molecule has 0 nitrogen and oxygen atoms in total. The van der Waals surface area contributed by atoms with E-state index in [2.05, 4.69) is 170 Å². The van der Waals surface area contributed by atoms with Gasteiger partial charge in [-0.15, -0.1) is 22.7 Å². The van der Waals surface area contributed by atoms with Gasteiger partial charge in [0.25, 0.3) is 0 Å². The van der Waals surface area contributed by atoms with Gasteiger partial charge in [-0.2, -0.15) is 0 Å². The van der Waals surface area contributed by atoms with Crippen molar-refractivity contribution in [3.05, 3.63) is 170 Å². The Morgan fingerprint density at radius 2 is 0.820 bits per heavy atom. The molecule has 50 heavy (non-hydrogen) atoms. The van der Waals surface area contributed by atoms with Crippen molar-refractivity contribution < 1.29 is 0 Å². The highest BCUT2D eigenvalue weighted by Crippen LogP contribution is 2.48. The highest BCUT2D eigenvalue weighted by Gasteiger charge is 2.19. The fourth-order valence-corrected chi connectivity index (χ4v) is 10.6. The molecule has 0 N–H and O–H groups in total. The molecule has 0 radical (unpaired) electrons. The van der Waals surface area contributed by atoms with Gasteiger partial charge in [0.2, 0.25) is 0 Å². The van der Waals surface area contributed by atoms with E-state index in [1.807, 2.05) is 22.7 Å². The molecule has 0 spiro atoms. The maximum atomic E-state index is 2.44. The van der Waals surface area contributed by atoms with Crippen LogP contribution < -0.4 is 0 Å². The van der Waals surface area contributed by atoms with Crippen LogP contribution in [0.15, 0.2) is 170 Å². The third-order valence-corrected chi connectivity index (χ3v) is 12.8. The largest absolute Gasteiger partial charge is 0.135 e. The second-order valence-corrected chi connectivity index (χ2v) is 15.3. The molecule has 0 bridgehead atoms. The Kier molecular flexibility index (Phi) is 6.09. The van der Waals surface area contributed by atoms with Crippen molar-refractivity contribution in [2.45, 2.75) is 0 Å². The molecule has 0 fully saturated rings. The van der Waals surface area contributed by atoms with E-state index in [9.17, 15) is 0 Å². The van der Waals surface area contributed by atoms with Gasteiger partial charge in [0.05, 0.1) is 0 Å². The molecule has 2 heterocycles. The van der Waals surface area contributed by atoms with E-state index < -0.39 is 0 Å². The summed E-state index contributed by atoms with van der Waals surface area (Å²) in [6.45, 7) is 0. The molecular formula is C48H28S2. The van der Waals surface area contributed by atoms with E-state index >= 15 is 0 Å². The van der Waals surface area contributed by atoms with Crippen LogP contribution in [-0.4, -0.2) is 0 Å². The fourth-order valence-electron chi connectivity index (χ4n) is 8.16. The minimum Gasteiger partial charge on any atom is -0.135 e. The van der Waals surface area contributed by atoms with E-state index in [4.69, 9.17) is 0 Å². The molecule has 232 valence electrons. The Morgan fingerprint density at radius 3 is 1.52 bits per heavy atom. The predicted octanol–water partition coefficient (Wildman–Crippen LogP) is 14.9. The van der Waals surface area contributed by atoms with Crippen molar-refractivity contribution in [3.8, 4) is 33.4 Å². The second-order valence-electron chi connectivity index (χ2n) is 13.2. The van der Waals surface area contributed by atoms with E-state index in [0.29, 0.717) is 0 Å². The second kappa shape index (κ2) is 10.9. The summed E-state index contributed by atoms with van der Waals surface area (Å²) in [5.74, 6) is 0. The van der Waals surface area contributed by atoms with Crippen molar-refractivity contribution in [2.75, 3.05) is 0 Å². The quantitative estimate of drug-likeness (QED) is 0.164. The first-order chi connectivity index (χ1) is 24.8. The van der Waals surface area contributed by atoms with E-state index in [1.54, 1.807) is 0 Å². The Hall–Kier alpha value is -5.80. The number of benzene rings is 9. The molecule has 0 aliphatic carbocycles. The van der Waals surface area contributed by atoms with Crippen molar-refractivity contribution in [2.24, 2.45) is 0 Å². The number of fused-ring (bicyclic) bond motifs is 10. The minimum absolute atomic E-state index is 1.24. The predicted molar refractivity (Wildman–Crippen MR) is 221 cm³/mol. The number of rotatable bonds is 3. The monoisotopic (exact) mass is 668 g/mol. The third-order valence-electron chi connectivity index (χ3n) is 10.4. The molecule has 2 heteroatoms. The lowest BCUT2D eigenvalue weighted by Gasteiger charge is -2.18. The fraction of sp³-hybridized carbons (Fsp3) is 0. The lowest BCUT2D eigenvalue weighted by atomic mass is 9.85. The molecule has 11 rings (SSSR count). The van der Waals surface area contributed by atoms with Gasteiger partial charge >= 0.3 is 0 Å². The van der Waals surface area contributed by atoms with E-state index in [-0.39, 0.29) is 0 Å². The van der Waals surface area contributed by atoms with Gasteiger partial charge in [-0.3, -0.25) is 0 Å². The van der Waals surface area contributed by atoms with Gasteiger partial charge in [-0.1, -0.05) is 140 Å². The summed E-state index contributed by atoms with van der Waals surface area (Å²) in [5, 5.41) is 13.1. The van der Waals surface area contributed by atoms with Gasteiger partial charge in [0.1, 0.15) is 0 Å². The van der Waals surface area contributed by atoms with Gasteiger partial charge in [-0.25, -0.2) is 0 Å². The molecule has 0 unspecified atom stereocenters. The summed E-state index contributed by atoms with van der Waals surface area (Å²) in [6.07, 6.45) is 0. The molecule has 0 saturated carbocycles. The van der Waals surface area contributed by atoms with E-state index in [0.717, 1.165) is 0 Å². The molecule has 0 amide bonds. The maximum Gasteiger partial charge on any atom is 0.0448 e. The van der Waals surface area contributed by atoms with Gasteiger partial charge in [-0.05, 0) is 96.0 Å². The average Bonchev–Trinajstić information content (AvgIpc) is 3.75. The van der Waals surface area contributed by atoms with Crippen LogP contribution in [0.1, 0.15) is 0 Å². The summed E-state index contributed by atoms with van der Waals surface area (Å²) >= 11 is 3.83. The molecule has 0 atom stereocenters. The van der Waals surface area contributed by atoms with Crippen LogP contribution in [0.2, 0.25) is 0 Å². The SMILES string of the molecule is c1ccc(-c2ccc3cc(-c4c5ccccc5c(-c5ccc6c(c5)sc5c6ccc6sc7ccccc7c65)c5ccccc45)ccc3c2)cc1. The normalized spacial score (nSPS) is 12.0. The summed E-state index contributed by atoms with van der Waals surface area (Å²) < 4.78 is 5.45. The topological polar surface area (TPSA) is 0 Å². The highest BCUT2D eigenvalue weighted by molar-refractivity contribution is 7.29. The van der Waals surface area contributed by atoms with Crippen LogP contribution in [0.4, 0.5) is 0 Å². The third kappa shape index (κ3) is 4.16. The highest BCUT2D eigenvalue weighted by atomic mass is 32.1. The van der Waals surface area contributed by atoms with Crippen LogP contribution in [0.5, 0.6) is 0 Å². The van der Waals surface area contributed by atoms with Crippen LogP contribution in [0.3, 0.4) is 0 Å². The van der Waals surface area contributed by atoms with Gasteiger partial charge in [0.15, 0.2) is 0 Å². The summed E-state index contributed by atoms with van der Waals surface area (Å²) in [4.78, 5) is 0. The zero-order valence-electron chi connectivity index (χ0n) is 27.0. The molecule has 9 aromatic carbocycles. The van der Waals surface area contributed by atoms with Crippen LogP contribution in [0, 0.1) is 0 Å².